The number of alkyl halides is 3. The van der Waals surface area contributed by atoms with Gasteiger partial charge in [-0.05, 0) is 23.6 Å². The number of benzene rings is 1. The third-order valence-corrected chi connectivity index (χ3v) is 3.86. The second kappa shape index (κ2) is 6.32. The molecule has 7 heteroatoms. The van der Waals surface area contributed by atoms with Crippen LogP contribution in [0.1, 0.15) is 23.2 Å². The molecule has 0 unspecified atom stereocenters. The van der Waals surface area contributed by atoms with Gasteiger partial charge in [0, 0.05) is 13.1 Å². The van der Waals surface area contributed by atoms with Crippen LogP contribution in [0.2, 0.25) is 0 Å². The number of hydrogen-bond donors (Lipinski definition) is 0. The molecule has 1 aliphatic rings. The lowest BCUT2D eigenvalue weighted by Gasteiger charge is -2.28. The molecule has 122 valence electrons. The van der Waals surface area contributed by atoms with Gasteiger partial charge in [0.25, 0.3) is 0 Å². The van der Waals surface area contributed by atoms with Crippen LogP contribution in [0, 0.1) is 11.3 Å². The molecule has 0 aliphatic carbocycles. The van der Waals surface area contributed by atoms with E-state index < -0.39 is 11.7 Å². The Labute approximate surface area is 136 Å². The van der Waals surface area contributed by atoms with Crippen molar-refractivity contribution in [3.63, 3.8) is 0 Å². The summed E-state index contributed by atoms with van der Waals surface area (Å²) in [5.41, 5.74) is 0.533. The van der Waals surface area contributed by atoms with Crippen LogP contribution in [0.3, 0.4) is 0 Å². The molecule has 24 heavy (non-hydrogen) atoms. The molecular weight excluding hydrogens is 317 g/mol. The summed E-state index contributed by atoms with van der Waals surface area (Å²) in [5.74, 6) is 0.605. The van der Waals surface area contributed by atoms with Crippen molar-refractivity contribution in [2.75, 3.05) is 18.0 Å². The maximum absolute atomic E-state index is 13.1. The van der Waals surface area contributed by atoms with Crippen LogP contribution in [0.25, 0.3) is 5.57 Å². The first-order chi connectivity index (χ1) is 11.5. The minimum Gasteiger partial charge on any atom is -0.351 e. The van der Waals surface area contributed by atoms with Crippen molar-refractivity contribution in [1.82, 2.24) is 9.97 Å². The van der Waals surface area contributed by atoms with Gasteiger partial charge >= 0.3 is 6.18 Å². The van der Waals surface area contributed by atoms with Crippen LogP contribution in [0.5, 0.6) is 0 Å². The van der Waals surface area contributed by atoms with E-state index in [1.54, 1.807) is 12.1 Å². The fourth-order valence-corrected chi connectivity index (χ4v) is 2.67. The van der Waals surface area contributed by atoms with Gasteiger partial charge in [-0.25, -0.2) is 9.97 Å². The number of nitriles is 1. The quantitative estimate of drug-likeness (QED) is 0.843. The van der Waals surface area contributed by atoms with Crippen molar-refractivity contribution < 1.29 is 13.2 Å². The van der Waals surface area contributed by atoms with Gasteiger partial charge in [0.15, 0.2) is 5.69 Å². The van der Waals surface area contributed by atoms with E-state index >= 15 is 0 Å². The van der Waals surface area contributed by atoms with Crippen LogP contribution in [-0.4, -0.2) is 23.1 Å². The number of halogens is 3. The summed E-state index contributed by atoms with van der Waals surface area (Å²) in [6, 6.07) is 7.52. The Balaban J connectivity index is 1.82. The summed E-state index contributed by atoms with van der Waals surface area (Å²) in [6.07, 6.45) is 0.782. The van der Waals surface area contributed by atoms with Gasteiger partial charge in [-0.15, -0.1) is 0 Å². The van der Waals surface area contributed by atoms with Crippen molar-refractivity contribution in [2.45, 2.75) is 12.6 Å². The van der Waals surface area contributed by atoms with Crippen molar-refractivity contribution >= 4 is 11.4 Å². The zero-order chi connectivity index (χ0) is 17.2. The Morgan fingerprint density at radius 2 is 1.92 bits per heavy atom. The first kappa shape index (κ1) is 16.0. The molecule has 4 nitrogen and oxygen atoms in total. The second-order valence-corrected chi connectivity index (χ2v) is 5.34. The van der Waals surface area contributed by atoms with Crippen molar-refractivity contribution in [3.8, 4) is 6.07 Å². The fraction of sp³-hybridized carbons (Fsp3) is 0.235. The van der Waals surface area contributed by atoms with E-state index in [2.05, 4.69) is 9.97 Å². The first-order valence-electron chi connectivity index (χ1n) is 7.32. The summed E-state index contributed by atoms with van der Waals surface area (Å²) >= 11 is 0. The normalized spacial score (nSPS) is 14.9. The highest BCUT2D eigenvalue weighted by molar-refractivity contribution is 5.71. The van der Waals surface area contributed by atoms with Crippen molar-refractivity contribution in [2.24, 2.45) is 0 Å². The van der Waals surface area contributed by atoms with E-state index in [0.717, 1.165) is 6.07 Å². The largest absolute Gasteiger partial charge is 0.416 e. The van der Waals surface area contributed by atoms with E-state index in [1.807, 2.05) is 11.0 Å². The lowest BCUT2D eigenvalue weighted by Crippen LogP contribution is -2.29. The SMILES string of the molecule is N#Cc1cnc(N2CC=C(c3ccccc3C(F)(F)F)CC2)cn1. The molecule has 0 saturated carbocycles. The Kier molecular flexibility index (Phi) is 4.21. The van der Waals surface area contributed by atoms with Gasteiger partial charge in [0.05, 0.1) is 18.0 Å². The number of nitrogens with zero attached hydrogens (tertiary/aromatic N) is 4. The molecule has 2 heterocycles. The topological polar surface area (TPSA) is 52.8 Å². The summed E-state index contributed by atoms with van der Waals surface area (Å²) in [5, 5.41) is 8.72. The highest BCUT2D eigenvalue weighted by Crippen LogP contribution is 2.36. The molecule has 0 spiro atoms. The summed E-state index contributed by atoms with van der Waals surface area (Å²) in [7, 11) is 0. The third-order valence-electron chi connectivity index (χ3n) is 3.86. The number of hydrogen-bond acceptors (Lipinski definition) is 4. The zero-order valence-electron chi connectivity index (χ0n) is 12.6. The molecular formula is C17H13F3N4. The average molecular weight is 330 g/mol. The molecule has 0 saturated heterocycles. The van der Waals surface area contributed by atoms with Gasteiger partial charge in [-0.2, -0.15) is 18.4 Å². The number of aromatic nitrogens is 2. The van der Waals surface area contributed by atoms with Crippen LogP contribution >= 0.6 is 0 Å². The minimum absolute atomic E-state index is 0.228. The average Bonchev–Trinajstić information content (AvgIpc) is 2.61. The van der Waals surface area contributed by atoms with E-state index in [4.69, 9.17) is 5.26 Å². The second-order valence-electron chi connectivity index (χ2n) is 5.34. The molecule has 3 rings (SSSR count). The minimum atomic E-state index is -4.37. The van der Waals surface area contributed by atoms with Gasteiger partial charge in [0.1, 0.15) is 11.9 Å². The molecule has 0 radical (unpaired) electrons. The molecule has 1 aromatic carbocycles. The van der Waals surface area contributed by atoms with E-state index in [-0.39, 0.29) is 11.3 Å². The van der Waals surface area contributed by atoms with Crippen LogP contribution < -0.4 is 4.90 Å². The summed E-state index contributed by atoms with van der Waals surface area (Å²) < 4.78 is 39.4. The molecule has 2 aromatic rings. The monoisotopic (exact) mass is 330 g/mol. The number of rotatable bonds is 2. The summed E-state index contributed by atoms with van der Waals surface area (Å²) in [4.78, 5) is 10.0. The van der Waals surface area contributed by atoms with Crippen LogP contribution in [-0.2, 0) is 6.18 Å². The molecule has 1 aromatic heterocycles. The highest BCUT2D eigenvalue weighted by Gasteiger charge is 2.34. The Bertz CT molecular complexity index is 804. The van der Waals surface area contributed by atoms with E-state index in [1.165, 1.54) is 24.5 Å². The van der Waals surface area contributed by atoms with Gasteiger partial charge in [-0.3, -0.25) is 0 Å². The standard InChI is InChI=1S/C17H13F3N4/c18-17(19,20)15-4-2-1-3-14(15)12-5-7-24(8-6-12)16-11-22-13(9-21)10-23-16/h1-5,10-11H,6-8H2. The van der Waals surface area contributed by atoms with Gasteiger partial charge < -0.3 is 4.90 Å². The fourth-order valence-electron chi connectivity index (χ4n) is 2.67. The van der Waals surface area contributed by atoms with Crippen LogP contribution in [0.15, 0.2) is 42.7 Å². The van der Waals surface area contributed by atoms with Crippen molar-refractivity contribution in [3.05, 3.63) is 59.6 Å². The van der Waals surface area contributed by atoms with E-state index in [9.17, 15) is 13.2 Å². The van der Waals surface area contributed by atoms with Gasteiger partial charge in [0.2, 0.25) is 0 Å². The van der Waals surface area contributed by atoms with Gasteiger partial charge in [-0.1, -0.05) is 24.3 Å². The Hall–Kier alpha value is -2.88. The first-order valence-corrected chi connectivity index (χ1v) is 7.32. The molecule has 0 N–H and O–H groups in total. The lowest BCUT2D eigenvalue weighted by atomic mass is 9.94. The Morgan fingerprint density at radius 1 is 1.12 bits per heavy atom. The molecule has 0 bridgehead atoms. The zero-order valence-corrected chi connectivity index (χ0v) is 12.6. The van der Waals surface area contributed by atoms with E-state index in [0.29, 0.717) is 30.9 Å². The predicted octanol–water partition coefficient (Wildman–Crippen LogP) is 3.66. The highest BCUT2D eigenvalue weighted by atomic mass is 19.4. The Morgan fingerprint density at radius 3 is 2.50 bits per heavy atom. The maximum Gasteiger partial charge on any atom is 0.416 e. The third kappa shape index (κ3) is 3.23. The molecule has 0 amide bonds. The summed E-state index contributed by atoms with van der Waals surface area (Å²) in [6.45, 7) is 0.987. The molecule has 1 aliphatic heterocycles. The maximum atomic E-state index is 13.1. The predicted molar refractivity (Wildman–Crippen MR) is 83.0 cm³/mol. The molecule has 0 atom stereocenters. The van der Waals surface area contributed by atoms with Crippen molar-refractivity contribution in [1.29, 1.82) is 5.26 Å². The van der Waals surface area contributed by atoms with Crippen LogP contribution in [0.4, 0.5) is 19.0 Å². The number of anilines is 1. The lowest BCUT2D eigenvalue weighted by molar-refractivity contribution is -0.137. The smallest absolute Gasteiger partial charge is 0.351 e. The molecule has 0 fully saturated rings.